The van der Waals surface area contributed by atoms with Crippen LogP contribution in [0.4, 0.5) is 17.1 Å². The largest absolute Gasteiger partial charge is 0.378 e. The molecule has 1 aromatic rings. The Kier molecular flexibility index (Phi) is 4.10. The van der Waals surface area contributed by atoms with E-state index < -0.39 is 4.92 Å². The topological polar surface area (TPSA) is 96.5 Å². The normalized spacial score (nSPS) is 16.6. The summed E-state index contributed by atoms with van der Waals surface area (Å²) in [5.74, 6) is 5.33. The lowest BCUT2D eigenvalue weighted by Gasteiger charge is -2.47. The quantitative estimate of drug-likeness (QED) is 0.417. The molecule has 110 valence electrons. The van der Waals surface area contributed by atoms with Crippen LogP contribution in [0.2, 0.25) is 0 Å². The van der Waals surface area contributed by atoms with Crippen LogP contribution in [0.15, 0.2) is 18.2 Å². The van der Waals surface area contributed by atoms with Crippen molar-refractivity contribution in [1.82, 2.24) is 4.90 Å². The summed E-state index contributed by atoms with van der Waals surface area (Å²) in [7, 11) is 4.10. The van der Waals surface area contributed by atoms with E-state index in [1.807, 2.05) is 14.1 Å². The standard InChI is InChI=1S/C13H21N5O2/c1-17(2)13(7-4-8-13)9-15-10-5-3-6-11(16-14)12(10)18(19)20/h3,5-6,15-16H,4,7-9,14H2,1-2H3. The average Bonchev–Trinajstić information content (AvgIpc) is 2.36. The Labute approximate surface area is 118 Å². The molecule has 1 aliphatic rings. The van der Waals surface area contributed by atoms with Gasteiger partial charge in [0, 0.05) is 12.1 Å². The van der Waals surface area contributed by atoms with Crippen molar-refractivity contribution >= 4 is 17.1 Å². The number of hydrogen-bond acceptors (Lipinski definition) is 6. The highest BCUT2D eigenvalue weighted by atomic mass is 16.6. The molecule has 20 heavy (non-hydrogen) atoms. The summed E-state index contributed by atoms with van der Waals surface area (Å²) in [4.78, 5) is 13.0. The summed E-state index contributed by atoms with van der Waals surface area (Å²) < 4.78 is 0. The van der Waals surface area contributed by atoms with E-state index >= 15 is 0 Å². The second kappa shape index (κ2) is 5.64. The minimum atomic E-state index is -0.416. The number of hydrazine groups is 1. The second-order valence-corrected chi connectivity index (χ2v) is 5.43. The van der Waals surface area contributed by atoms with E-state index in [0.29, 0.717) is 17.9 Å². The third-order valence-electron chi connectivity index (χ3n) is 4.21. The van der Waals surface area contributed by atoms with Gasteiger partial charge in [0.15, 0.2) is 0 Å². The SMILES string of the molecule is CN(C)C1(CNc2cccc(NN)c2[N+](=O)[O-])CCC1. The molecular formula is C13H21N5O2. The highest BCUT2D eigenvalue weighted by Gasteiger charge is 2.39. The van der Waals surface area contributed by atoms with Gasteiger partial charge in [-0.2, -0.15) is 0 Å². The van der Waals surface area contributed by atoms with Crippen LogP contribution in [0, 0.1) is 10.1 Å². The third-order valence-corrected chi connectivity index (χ3v) is 4.21. The first kappa shape index (κ1) is 14.5. The Morgan fingerprint density at radius 2 is 2.05 bits per heavy atom. The van der Waals surface area contributed by atoms with E-state index in [0.717, 1.165) is 12.8 Å². The van der Waals surface area contributed by atoms with Gasteiger partial charge in [-0.3, -0.25) is 16.0 Å². The van der Waals surface area contributed by atoms with Gasteiger partial charge in [0.1, 0.15) is 11.4 Å². The minimum absolute atomic E-state index is 0.0109. The molecule has 0 bridgehead atoms. The number of likely N-dealkylation sites (N-methyl/N-ethyl adjacent to an activating group) is 1. The maximum Gasteiger partial charge on any atom is 0.316 e. The third kappa shape index (κ3) is 2.54. The molecule has 0 aromatic heterocycles. The van der Waals surface area contributed by atoms with Crippen LogP contribution in [-0.2, 0) is 0 Å². The fraction of sp³-hybridized carbons (Fsp3) is 0.538. The van der Waals surface area contributed by atoms with Crippen LogP contribution in [0.1, 0.15) is 19.3 Å². The van der Waals surface area contributed by atoms with Gasteiger partial charge in [0.25, 0.3) is 0 Å². The van der Waals surface area contributed by atoms with Crippen LogP contribution < -0.4 is 16.6 Å². The van der Waals surface area contributed by atoms with Crippen molar-refractivity contribution in [3.8, 4) is 0 Å². The predicted molar refractivity (Wildman–Crippen MR) is 79.7 cm³/mol. The van der Waals surface area contributed by atoms with E-state index in [2.05, 4.69) is 15.6 Å². The molecule has 0 aliphatic heterocycles. The molecule has 7 heteroatoms. The lowest BCUT2D eigenvalue weighted by Crippen LogP contribution is -2.54. The summed E-state index contributed by atoms with van der Waals surface area (Å²) in [6, 6.07) is 5.04. The van der Waals surface area contributed by atoms with Crippen molar-refractivity contribution in [3.05, 3.63) is 28.3 Å². The highest BCUT2D eigenvalue weighted by Crippen LogP contribution is 2.38. The van der Waals surface area contributed by atoms with Gasteiger partial charge in [-0.15, -0.1) is 0 Å². The Morgan fingerprint density at radius 3 is 2.50 bits per heavy atom. The molecule has 1 fully saturated rings. The van der Waals surface area contributed by atoms with Crippen molar-refractivity contribution in [1.29, 1.82) is 0 Å². The number of anilines is 2. The first-order chi connectivity index (χ1) is 9.50. The van der Waals surface area contributed by atoms with Crippen molar-refractivity contribution in [3.63, 3.8) is 0 Å². The number of hydrogen-bond donors (Lipinski definition) is 3. The molecule has 0 unspecified atom stereocenters. The number of nitrogens with two attached hydrogens (primary N) is 1. The van der Waals surface area contributed by atoms with E-state index in [9.17, 15) is 10.1 Å². The molecular weight excluding hydrogens is 258 g/mol. The Balaban J connectivity index is 2.19. The van der Waals surface area contributed by atoms with E-state index in [1.165, 1.54) is 6.42 Å². The van der Waals surface area contributed by atoms with E-state index in [1.54, 1.807) is 18.2 Å². The number of nitro groups is 1. The molecule has 1 saturated carbocycles. The average molecular weight is 279 g/mol. The molecule has 0 radical (unpaired) electrons. The number of nitrogens with zero attached hydrogens (tertiary/aromatic N) is 2. The zero-order valence-electron chi connectivity index (χ0n) is 11.8. The van der Waals surface area contributed by atoms with Gasteiger partial charge >= 0.3 is 5.69 Å². The molecule has 0 heterocycles. The van der Waals surface area contributed by atoms with E-state index in [4.69, 9.17) is 5.84 Å². The van der Waals surface area contributed by atoms with Crippen LogP contribution in [0.3, 0.4) is 0 Å². The second-order valence-electron chi connectivity index (χ2n) is 5.43. The van der Waals surface area contributed by atoms with Gasteiger partial charge in [-0.05, 0) is 45.5 Å². The Bertz CT molecular complexity index is 500. The highest BCUT2D eigenvalue weighted by molar-refractivity contribution is 5.75. The molecule has 1 aromatic carbocycles. The number of nitrogen functional groups attached to an aromatic ring is 1. The first-order valence-corrected chi connectivity index (χ1v) is 6.65. The maximum atomic E-state index is 11.2. The number of benzene rings is 1. The van der Waals surface area contributed by atoms with Gasteiger partial charge in [-0.25, -0.2) is 0 Å². The minimum Gasteiger partial charge on any atom is -0.378 e. The molecule has 4 N–H and O–H groups in total. The number of para-hydroxylation sites is 1. The molecule has 2 rings (SSSR count). The van der Waals surface area contributed by atoms with Crippen molar-refractivity contribution < 1.29 is 4.92 Å². The summed E-state index contributed by atoms with van der Waals surface area (Å²) in [6.07, 6.45) is 3.41. The van der Waals surface area contributed by atoms with Gasteiger partial charge in [0.05, 0.1) is 4.92 Å². The maximum absolute atomic E-state index is 11.2. The number of nitrogens with one attached hydrogen (secondary N) is 2. The van der Waals surface area contributed by atoms with Crippen LogP contribution in [-0.4, -0.2) is 36.0 Å². The van der Waals surface area contributed by atoms with E-state index in [-0.39, 0.29) is 11.2 Å². The fourth-order valence-corrected chi connectivity index (χ4v) is 2.63. The Morgan fingerprint density at radius 1 is 1.40 bits per heavy atom. The summed E-state index contributed by atoms with van der Waals surface area (Å²) >= 11 is 0. The molecule has 0 atom stereocenters. The summed E-state index contributed by atoms with van der Waals surface area (Å²) in [5.41, 5.74) is 3.27. The summed E-state index contributed by atoms with van der Waals surface area (Å²) in [5, 5.41) is 14.4. The zero-order chi connectivity index (χ0) is 14.8. The van der Waals surface area contributed by atoms with Crippen molar-refractivity contribution in [2.24, 2.45) is 5.84 Å². The smallest absolute Gasteiger partial charge is 0.316 e. The molecule has 0 saturated heterocycles. The molecule has 0 spiro atoms. The fourth-order valence-electron chi connectivity index (χ4n) is 2.63. The van der Waals surface area contributed by atoms with Gasteiger partial charge in [0.2, 0.25) is 0 Å². The van der Waals surface area contributed by atoms with Crippen molar-refractivity contribution in [2.45, 2.75) is 24.8 Å². The van der Waals surface area contributed by atoms with Gasteiger partial charge < -0.3 is 15.6 Å². The molecule has 1 aliphatic carbocycles. The van der Waals surface area contributed by atoms with Crippen LogP contribution >= 0.6 is 0 Å². The lowest BCUT2D eigenvalue weighted by atomic mass is 9.75. The lowest BCUT2D eigenvalue weighted by molar-refractivity contribution is -0.383. The summed E-state index contributed by atoms with van der Waals surface area (Å²) in [6.45, 7) is 0.689. The molecule has 7 nitrogen and oxygen atoms in total. The zero-order valence-corrected chi connectivity index (χ0v) is 11.8. The van der Waals surface area contributed by atoms with Gasteiger partial charge in [-0.1, -0.05) is 6.07 Å². The van der Waals surface area contributed by atoms with Crippen LogP contribution in [0.5, 0.6) is 0 Å². The van der Waals surface area contributed by atoms with Crippen molar-refractivity contribution in [2.75, 3.05) is 31.4 Å². The van der Waals surface area contributed by atoms with Crippen LogP contribution in [0.25, 0.3) is 0 Å². The monoisotopic (exact) mass is 279 g/mol. The number of rotatable bonds is 6. The molecule has 0 amide bonds. The Hall–Kier alpha value is -1.86. The predicted octanol–water partition coefficient (Wildman–Crippen LogP) is 1.78. The first-order valence-electron chi connectivity index (χ1n) is 6.65. The number of nitro benzene ring substituents is 1.